The molecule has 0 aromatic heterocycles. The van der Waals surface area contributed by atoms with Crippen LogP contribution in [0.2, 0.25) is 0 Å². The van der Waals surface area contributed by atoms with Gasteiger partial charge in [-0.25, -0.2) is 4.79 Å². The van der Waals surface area contributed by atoms with Gasteiger partial charge in [-0.05, 0) is 12.8 Å². The smallest absolute Gasteiger partial charge is 0.317 e. The molecule has 0 aromatic carbocycles. The second-order valence-electron chi connectivity index (χ2n) is 4.11. The van der Waals surface area contributed by atoms with Crippen LogP contribution in [0, 0.1) is 0 Å². The molecule has 0 spiro atoms. The highest BCUT2D eigenvalue weighted by atomic mass is 16.5. The predicted octanol–water partition coefficient (Wildman–Crippen LogP) is 0.672. The molecular weight excluding hydrogens is 224 g/mol. The van der Waals surface area contributed by atoms with Crippen LogP contribution in [0.15, 0.2) is 0 Å². The molecule has 1 unspecified atom stereocenters. The van der Waals surface area contributed by atoms with Gasteiger partial charge in [-0.1, -0.05) is 6.92 Å². The van der Waals surface area contributed by atoms with Crippen LogP contribution < -0.4 is 5.32 Å². The van der Waals surface area contributed by atoms with Gasteiger partial charge in [-0.15, -0.1) is 0 Å². The molecule has 2 N–H and O–H groups in total. The van der Waals surface area contributed by atoms with E-state index in [1.165, 1.54) is 0 Å². The van der Waals surface area contributed by atoms with Gasteiger partial charge in [0.05, 0.1) is 13.0 Å². The van der Waals surface area contributed by atoms with E-state index in [1.54, 1.807) is 4.90 Å². The zero-order valence-electron chi connectivity index (χ0n) is 10.1. The average molecular weight is 244 g/mol. The van der Waals surface area contributed by atoms with Gasteiger partial charge in [0.1, 0.15) is 0 Å². The van der Waals surface area contributed by atoms with Crippen molar-refractivity contribution in [2.45, 2.75) is 32.2 Å². The van der Waals surface area contributed by atoms with Crippen molar-refractivity contribution < 1.29 is 19.4 Å². The number of carboxylic acid groups (broad SMARTS) is 1. The van der Waals surface area contributed by atoms with Crippen LogP contribution in [0.25, 0.3) is 0 Å². The van der Waals surface area contributed by atoms with Crippen molar-refractivity contribution >= 4 is 12.0 Å². The molecule has 6 heteroatoms. The lowest BCUT2D eigenvalue weighted by molar-refractivity contribution is -0.137. The topological polar surface area (TPSA) is 78.9 Å². The molecule has 1 heterocycles. The van der Waals surface area contributed by atoms with Crippen molar-refractivity contribution in [1.29, 1.82) is 0 Å². The Hall–Kier alpha value is -1.30. The number of carbonyl (C=O) groups is 2. The van der Waals surface area contributed by atoms with E-state index in [9.17, 15) is 9.59 Å². The first-order valence-electron chi connectivity index (χ1n) is 5.98. The third-order valence-electron chi connectivity index (χ3n) is 2.75. The van der Waals surface area contributed by atoms with Crippen molar-refractivity contribution in [1.82, 2.24) is 10.2 Å². The van der Waals surface area contributed by atoms with E-state index >= 15 is 0 Å². The van der Waals surface area contributed by atoms with E-state index in [1.807, 2.05) is 6.92 Å². The molecule has 1 atom stereocenters. The monoisotopic (exact) mass is 244 g/mol. The Labute approximate surface area is 101 Å². The van der Waals surface area contributed by atoms with Crippen molar-refractivity contribution in [3.8, 4) is 0 Å². The number of hydrogen-bond donors (Lipinski definition) is 2. The molecule has 2 amide bonds. The molecular formula is C11H20N2O4. The van der Waals surface area contributed by atoms with Crippen molar-refractivity contribution in [3.05, 3.63) is 0 Å². The lowest BCUT2D eigenvalue weighted by Crippen LogP contribution is -2.46. The zero-order chi connectivity index (χ0) is 12.7. The Morgan fingerprint density at radius 2 is 2.18 bits per heavy atom. The molecule has 1 saturated heterocycles. The molecule has 1 rings (SSSR count). The highest BCUT2D eigenvalue weighted by Crippen LogP contribution is 2.03. The Balaban J connectivity index is 2.42. The zero-order valence-corrected chi connectivity index (χ0v) is 10.1. The third-order valence-corrected chi connectivity index (χ3v) is 2.75. The minimum Gasteiger partial charge on any atom is -0.481 e. The van der Waals surface area contributed by atoms with E-state index < -0.39 is 5.97 Å². The first-order chi connectivity index (χ1) is 8.13. The summed E-state index contributed by atoms with van der Waals surface area (Å²) in [6, 6.07) is -0.493. The molecule has 1 aliphatic rings. The second-order valence-corrected chi connectivity index (χ2v) is 4.11. The minimum atomic E-state index is -0.892. The fourth-order valence-electron chi connectivity index (χ4n) is 1.72. The van der Waals surface area contributed by atoms with Crippen molar-refractivity contribution in [3.63, 3.8) is 0 Å². The summed E-state index contributed by atoms with van der Waals surface area (Å²) in [5, 5.41) is 11.4. The van der Waals surface area contributed by atoms with Gasteiger partial charge >= 0.3 is 12.0 Å². The first-order valence-corrected chi connectivity index (χ1v) is 5.98. The molecule has 0 aromatic rings. The summed E-state index contributed by atoms with van der Waals surface area (Å²) >= 11 is 0. The molecule has 1 fully saturated rings. The molecule has 0 saturated carbocycles. The maximum absolute atomic E-state index is 11.9. The number of amides is 2. The van der Waals surface area contributed by atoms with E-state index in [4.69, 9.17) is 9.84 Å². The quantitative estimate of drug-likeness (QED) is 0.762. The number of ether oxygens (including phenoxy) is 1. The van der Waals surface area contributed by atoms with E-state index in [2.05, 4.69) is 5.32 Å². The first kappa shape index (κ1) is 13.8. The Morgan fingerprint density at radius 3 is 2.82 bits per heavy atom. The van der Waals surface area contributed by atoms with Gasteiger partial charge in [-0.3, -0.25) is 4.79 Å². The maximum atomic E-state index is 11.9. The normalized spacial score (nSPS) is 18.3. The van der Waals surface area contributed by atoms with Gasteiger partial charge < -0.3 is 20.1 Å². The standard InChI is InChI=1S/C11H20N2O4/c1-2-9(8-10(14)15)12-11(16)13-4-3-6-17-7-5-13/h9H,2-8H2,1H3,(H,12,16)(H,14,15). The van der Waals surface area contributed by atoms with Gasteiger partial charge in [0, 0.05) is 25.7 Å². The molecule has 0 aliphatic carbocycles. The number of carbonyl (C=O) groups excluding carboxylic acids is 1. The van der Waals surface area contributed by atoms with Crippen molar-refractivity contribution in [2.24, 2.45) is 0 Å². The van der Waals surface area contributed by atoms with E-state index in [0.717, 1.165) is 6.42 Å². The van der Waals surface area contributed by atoms with Crippen LogP contribution >= 0.6 is 0 Å². The number of hydrogen-bond acceptors (Lipinski definition) is 3. The van der Waals surface area contributed by atoms with Crippen LogP contribution in [-0.4, -0.2) is 54.4 Å². The fraction of sp³-hybridized carbons (Fsp3) is 0.818. The summed E-state index contributed by atoms with van der Waals surface area (Å²) in [5.41, 5.74) is 0. The largest absolute Gasteiger partial charge is 0.481 e. The summed E-state index contributed by atoms with van der Waals surface area (Å²) in [7, 11) is 0. The highest BCUT2D eigenvalue weighted by molar-refractivity contribution is 5.76. The van der Waals surface area contributed by atoms with Crippen LogP contribution in [0.3, 0.4) is 0 Å². The van der Waals surface area contributed by atoms with Gasteiger partial charge in [0.25, 0.3) is 0 Å². The predicted molar refractivity (Wildman–Crippen MR) is 61.9 cm³/mol. The van der Waals surface area contributed by atoms with Crippen LogP contribution in [0.5, 0.6) is 0 Å². The summed E-state index contributed by atoms with van der Waals surface area (Å²) in [6.45, 7) is 4.31. The number of urea groups is 1. The second kappa shape index (κ2) is 7.11. The Morgan fingerprint density at radius 1 is 1.41 bits per heavy atom. The SMILES string of the molecule is CCC(CC(=O)O)NC(=O)N1CCCOCC1. The number of rotatable bonds is 4. The fourth-order valence-corrected chi connectivity index (χ4v) is 1.72. The van der Waals surface area contributed by atoms with E-state index in [-0.39, 0.29) is 18.5 Å². The van der Waals surface area contributed by atoms with Crippen molar-refractivity contribution in [2.75, 3.05) is 26.3 Å². The van der Waals surface area contributed by atoms with Crippen LogP contribution in [-0.2, 0) is 9.53 Å². The van der Waals surface area contributed by atoms with Gasteiger partial charge in [-0.2, -0.15) is 0 Å². The molecule has 1 aliphatic heterocycles. The summed E-state index contributed by atoms with van der Waals surface area (Å²) in [6.07, 6.45) is 1.40. The maximum Gasteiger partial charge on any atom is 0.317 e. The van der Waals surface area contributed by atoms with Gasteiger partial charge in [0.15, 0.2) is 0 Å². The van der Waals surface area contributed by atoms with Crippen LogP contribution in [0.4, 0.5) is 4.79 Å². The number of nitrogens with zero attached hydrogens (tertiary/aromatic N) is 1. The Bertz CT molecular complexity index is 262. The Kier molecular flexibility index (Phi) is 5.76. The summed E-state index contributed by atoms with van der Waals surface area (Å²) in [5.74, 6) is -0.892. The van der Waals surface area contributed by atoms with E-state index in [0.29, 0.717) is 32.7 Å². The minimum absolute atomic E-state index is 0.0351. The molecule has 98 valence electrons. The van der Waals surface area contributed by atoms with Crippen LogP contribution in [0.1, 0.15) is 26.2 Å². The highest BCUT2D eigenvalue weighted by Gasteiger charge is 2.19. The number of nitrogens with one attached hydrogen (secondary N) is 1. The lowest BCUT2D eigenvalue weighted by atomic mass is 10.1. The molecule has 0 bridgehead atoms. The average Bonchev–Trinajstić information content (AvgIpc) is 2.55. The third kappa shape index (κ3) is 5.04. The van der Waals surface area contributed by atoms with Gasteiger partial charge in [0.2, 0.25) is 0 Å². The molecule has 6 nitrogen and oxygen atoms in total. The number of aliphatic carboxylic acids is 1. The molecule has 17 heavy (non-hydrogen) atoms. The lowest BCUT2D eigenvalue weighted by Gasteiger charge is -2.23. The number of carboxylic acids is 1. The summed E-state index contributed by atoms with van der Waals surface area (Å²) < 4.78 is 5.25. The summed E-state index contributed by atoms with van der Waals surface area (Å²) in [4.78, 5) is 24.1. The molecule has 0 radical (unpaired) electrons.